The van der Waals surface area contributed by atoms with Crippen LogP contribution in [0.25, 0.3) is 10.6 Å². The molecule has 1 aromatic carbocycles. The number of carbonyl (C=O) groups is 1. The van der Waals surface area contributed by atoms with E-state index in [9.17, 15) is 4.79 Å². The summed E-state index contributed by atoms with van der Waals surface area (Å²) in [4.78, 5) is 21.2. The van der Waals surface area contributed by atoms with E-state index in [0.717, 1.165) is 49.6 Å². The molecule has 0 aliphatic carbocycles. The third-order valence-corrected chi connectivity index (χ3v) is 6.64. The molecule has 4 rings (SSSR count). The van der Waals surface area contributed by atoms with Crippen LogP contribution >= 0.6 is 22.7 Å². The van der Waals surface area contributed by atoms with Crippen molar-refractivity contribution >= 4 is 28.6 Å². The Kier molecular flexibility index (Phi) is 5.97. The van der Waals surface area contributed by atoms with E-state index >= 15 is 0 Å². The first kappa shape index (κ1) is 18.3. The van der Waals surface area contributed by atoms with Gasteiger partial charge in [-0.05, 0) is 30.7 Å². The number of aromatic nitrogens is 1. The molecule has 1 aliphatic heterocycles. The van der Waals surface area contributed by atoms with Crippen LogP contribution in [0.2, 0.25) is 0 Å². The number of nitrogens with zero attached hydrogens (tertiary/aromatic N) is 2. The van der Waals surface area contributed by atoms with Crippen molar-refractivity contribution in [1.29, 1.82) is 0 Å². The molecule has 3 aromatic rings. The van der Waals surface area contributed by atoms with Gasteiger partial charge in [0, 0.05) is 41.6 Å². The van der Waals surface area contributed by atoms with Crippen LogP contribution in [-0.2, 0) is 11.2 Å². The fourth-order valence-electron chi connectivity index (χ4n) is 3.36. The Labute approximate surface area is 167 Å². The molecule has 1 amide bonds. The van der Waals surface area contributed by atoms with Crippen molar-refractivity contribution in [2.45, 2.75) is 25.3 Å². The smallest absolute Gasteiger partial charge is 0.273 e. The second-order valence-corrected chi connectivity index (χ2v) is 8.47. The molecule has 0 atom stereocenters. The van der Waals surface area contributed by atoms with Gasteiger partial charge in [0.05, 0.1) is 0 Å². The molecule has 27 heavy (non-hydrogen) atoms. The van der Waals surface area contributed by atoms with E-state index in [2.05, 4.69) is 22.5 Å². The van der Waals surface area contributed by atoms with Crippen molar-refractivity contribution in [3.05, 3.63) is 63.8 Å². The van der Waals surface area contributed by atoms with Crippen molar-refractivity contribution in [3.8, 4) is 10.6 Å². The van der Waals surface area contributed by atoms with Crippen LogP contribution in [-0.4, -0.2) is 41.6 Å². The summed E-state index contributed by atoms with van der Waals surface area (Å²) in [6.07, 6.45) is 2.67. The van der Waals surface area contributed by atoms with Gasteiger partial charge in [0.2, 0.25) is 0 Å². The molecule has 0 bridgehead atoms. The van der Waals surface area contributed by atoms with E-state index < -0.39 is 0 Å². The summed E-state index contributed by atoms with van der Waals surface area (Å²) in [6, 6.07) is 14.5. The standard InChI is InChI=1S/C21H22N2O2S2/c24-21(19-15-27-20(22-19)16-5-2-1-3-6-16)23(17-9-12-25-13-10-17)11-8-18-7-4-14-26-18/h1-7,14-15,17H,8-13H2. The third-order valence-electron chi connectivity index (χ3n) is 4.82. The third kappa shape index (κ3) is 4.46. The molecule has 3 heterocycles. The lowest BCUT2D eigenvalue weighted by Gasteiger charge is -2.34. The first-order valence-corrected chi connectivity index (χ1v) is 11.0. The van der Waals surface area contributed by atoms with E-state index in [1.54, 1.807) is 11.3 Å². The summed E-state index contributed by atoms with van der Waals surface area (Å²) >= 11 is 3.27. The zero-order valence-electron chi connectivity index (χ0n) is 15.0. The Morgan fingerprint density at radius 3 is 2.67 bits per heavy atom. The summed E-state index contributed by atoms with van der Waals surface area (Å²) in [7, 11) is 0. The topological polar surface area (TPSA) is 42.4 Å². The maximum atomic E-state index is 13.3. The van der Waals surface area contributed by atoms with Gasteiger partial charge in [-0.2, -0.15) is 0 Å². The Bertz CT molecular complexity index is 855. The molecule has 1 fully saturated rings. The van der Waals surface area contributed by atoms with Crippen LogP contribution in [0.4, 0.5) is 0 Å². The van der Waals surface area contributed by atoms with E-state index in [4.69, 9.17) is 4.74 Å². The number of benzene rings is 1. The van der Waals surface area contributed by atoms with Crippen LogP contribution in [0.15, 0.2) is 53.2 Å². The second kappa shape index (κ2) is 8.78. The molecule has 0 unspecified atom stereocenters. The molecule has 140 valence electrons. The monoisotopic (exact) mass is 398 g/mol. The highest BCUT2D eigenvalue weighted by atomic mass is 32.1. The number of amides is 1. The molecule has 4 nitrogen and oxygen atoms in total. The zero-order valence-corrected chi connectivity index (χ0v) is 16.7. The predicted octanol–water partition coefficient (Wildman–Crippen LogP) is 4.74. The summed E-state index contributed by atoms with van der Waals surface area (Å²) in [5, 5.41) is 4.87. The van der Waals surface area contributed by atoms with Gasteiger partial charge < -0.3 is 9.64 Å². The fourth-order valence-corrected chi connectivity index (χ4v) is 4.86. The highest BCUT2D eigenvalue weighted by Gasteiger charge is 2.28. The van der Waals surface area contributed by atoms with Gasteiger partial charge in [0.1, 0.15) is 10.7 Å². The summed E-state index contributed by atoms with van der Waals surface area (Å²) in [5.74, 6) is 0.0388. The minimum atomic E-state index is 0.0388. The number of hydrogen-bond donors (Lipinski definition) is 0. The predicted molar refractivity (Wildman–Crippen MR) is 110 cm³/mol. The van der Waals surface area contributed by atoms with Gasteiger partial charge in [0.15, 0.2) is 0 Å². The van der Waals surface area contributed by atoms with Crippen molar-refractivity contribution in [2.24, 2.45) is 0 Å². The largest absolute Gasteiger partial charge is 0.381 e. The van der Waals surface area contributed by atoms with Crippen LogP contribution in [0, 0.1) is 0 Å². The lowest BCUT2D eigenvalue weighted by molar-refractivity contribution is 0.0291. The number of hydrogen-bond acceptors (Lipinski definition) is 5. The summed E-state index contributed by atoms with van der Waals surface area (Å²) < 4.78 is 5.50. The molecule has 6 heteroatoms. The Balaban J connectivity index is 1.53. The minimum Gasteiger partial charge on any atom is -0.381 e. The zero-order chi connectivity index (χ0) is 18.5. The van der Waals surface area contributed by atoms with Gasteiger partial charge in [-0.3, -0.25) is 4.79 Å². The van der Waals surface area contributed by atoms with Gasteiger partial charge in [0.25, 0.3) is 5.91 Å². The molecule has 0 radical (unpaired) electrons. The number of ether oxygens (including phenoxy) is 1. The van der Waals surface area contributed by atoms with Gasteiger partial charge in [-0.1, -0.05) is 36.4 Å². The highest BCUT2D eigenvalue weighted by molar-refractivity contribution is 7.13. The number of carbonyl (C=O) groups excluding carboxylic acids is 1. The summed E-state index contributed by atoms with van der Waals surface area (Å²) in [6.45, 7) is 2.17. The van der Waals surface area contributed by atoms with Crippen LogP contribution in [0.3, 0.4) is 0 Å². The van der Waals surface area contributed by atoms with Gasteiger partial charge >= 0.3 is 0 Å². The maximum absolute atomic E-state index is 13.3. The van der Waals surface area contributed by atoms with E-state index in [0.29, 0.717) is 5.69 Å². The molecule has 0 saturated carbocycles. The molecule has 0 spiro atoms. The van der Waals surface area contributed by atoms with Crippen molar-refractivity contribution < 1.29 is 9.53 Å². The molecule has 1 saturated heterocycles. The first-order valence-electron chi connectivity index (χ1n) is 9.23. The lowest BCUT2D eigenvalue weighted by atomic mass is 10.1. The van der Waals surface area contributed by atoms with Crippen LogP contribution in [0.1, 0.15) is 28.2 Å². The van der Waals surface area contributed by atoms with Crippen LogP contribution < -0.4 is 0 Å². The maximum Gasteiger partial charge on any atom is 0.273 e. The molecule has 1 aliphatic rings. The summed E-state index contributed by atoms with van der Waals surface area (Å²) in [5.41, 5.74) is 1.61. The van der Waals surface area contributed by atoms with Crippen molar-refractivity contribution in [2.75, 3.05) is 19.8 Å². The van der Waals surface area contributed by atoms with Crippen molar-refractivity contribution in [3.63, 3.8) is 0 Å². The van der Waals surface area contributed by atoms with Gasteiger partial charge in [-0.25, -0.2) is 4.98 Å². The number of rotatable bonds is 6. The SMILES string of the molecule is O=C(c1csc(-c2ccccc2)n1)N(CCc1cccs1)C1CCOCC1. The van der Waals surface area contributed by atoms with Gasteiger partial charge in [-0.15, -0.1) is 22.7 Å². The fraction of sp³-hybridized carbons (Fsp3) is 0.333. The molecular weight excluding hydrogens is 376 g/mol. The first-order chi connectivity index (χ1) is 13.3. The average molecular weight is 399 g/mol. The van der Waals surface area contributed by atoms with E-state index in [1.807, 2.05) is 40.6 Å². The second-order valence-electron chi connectivity index (χ2n) is 6.58. The molecule has 0 N–H and O–H groups in total. The molecular formula is C21H22N2O2S2. The average Bonchev–Trinajstić information content (AvgIpc) is 3.42. The quantitative estimate of drug-likeness (QED) is 0.602. The molecule has 2 aromatic heterocycles. The van der Waals surface area contributed by atoms with Crippen LogP contribution in [0.5, 0.6) is 0 Å². The normalized spacial score (nSPS) is 15.0. The van der Waals surface area contributed by atoms with Crippen molar-refractivity contribution in [1.82, 2.24) is 9.88 Å². The Hall–Kier alpha value is -2.02. The number of thiazole rings is 1. The highest BCUT2D eigenvalue weighted by Crippen LogP contribution is 2.25. The Morgan fingerprint density at radius 1 is 1.11 bits per heavy atom. The van der Waals surface area contributed by atoms with E-state index in [1.165, 1.54) is 16.2 Å². The number of thiophene rings is 1. The van der Waals surface area contributed by atoms with E-state index in [-0.39, 0.29) is 11.9 Å². The Morgan fingerprint density at radius 2 is 1.93 bits per heavy atom. The lowest BCUT2D eigenvalue weighted by Crippen LogP contribution is -2.44. The minimum absolute atomic E-state index is 0.0388.